The van der Waals surface area contributed by atoms with Crippen LogP contribution in [-0.2, 0) is 0 Å². The van der Waals surface area contributed by atoms with Gasteiger partial charge in [0.2, 0.25) is 0 Å². The van der Waals surface area contributed by atoms with Gasteiger partial charge >= 0.3 is 6.03 Å². The molecule has 0 heterocycles. The van der Waals surface area contributed by atoms with Crippen molar-refractivity contribution in [3.63, 3.8) is 0 Å². The molecule has 0 aliphatic heterocycles. The summed E-state index contributed by atoms with van der Waals surface area (Å²) in [7, 11) is 3.40. The quantitative estimate of drug-likeness (QED) is 0.628. The van der Waals surface area contributed by atoms with Crippen LogP contribution in [0.1, 0.15) is 25.7 Å². The number of amides is 2. The molecule has 1 aliphatic rings. The first kappa shape index (κ1) is 10.3. The van der Waals surface area contributed by atoms with Gasteiger partial charge in [-0.15, -0.1) is 0 Å². The Morgan fingerprint density at radius 2 is 2.00 bits per heavy atom. The zero-order chi connectivity index (χ0) is 9.84. The lowest BCUT2D eigenvalue weighted by atomic mass is 9.93. The third kappa shape index (κ3) is 2.88. The van der Waals surface area contributed by atoms with Crippen molar-refractivity contribution in [2.45, 2.75) is 37.8 Å². The van der Waals surface area contributed by atoms with Crippen LogP contribution in [0.15, 0.2) is 0 Å². The number of carbonyl (C=O) groups excluding carboxylic acids is 1. The summed E-state index contributed by atoms with van der Waals surface area (Å²) in [4.78, 5) is 12.7. The van der Waals surface area contributed by atoms with E-state index in [-0.39, 0.29) is 18.2 Å². The van der Waals surface area contributed by atoms with Crippen molar-refractivity contribution in [2.75, 3.05) is 14.1 Å². The van der Waals surface area contributed by atoms with Crippen molar-refractivity contribution in [3.05, 3.63) is 0 Å². The van der Waals surface area contributed by atoms with Gasteiger partial charge in [-0.3, -0.25) is 0 Å². The van der Waals surface area contributed by atoms with Gasteiger partial charge < -0.3 is 15.3 Å². The number of hydrogen-bond acceptors (Lipinski definition) is 2. The van der Waals surface area contributed by atoms with E-state index in [0.29, 0.717) is 0 Å². The minimum Gasteiger partial charge on any atom is -0.391 e. The summed E-state index contributed by atoms with van der Waals surface area (Å²) in [5, 5.41) is 12.4. The summed E-state index contributed by atoms with van der Waals surface area (Å²) < 4.78 is 0. The molecule has 1 aliphatic carbocycles. The molecule has 2 N–H and O–H groups in total. The molecular formula is C9H18N2O2. The maximum atomic E-state index is 11.3. The van der Waals surface area contributed by atoms with Crippen LogP contribution < -0.4 is 5.32 Å². The fourth-order valence-corrected chi connectivity index (χ4v) is 1.57. The van der Waals surface area contributed by atoms with Crippen molar-refractivity contribution in [1.29, 1.82) is 0 Å². The summed E-state index contributed by atoms with van der Waals surface area (Å²) in [6.45, 7) is 0. The van der Waals surface area contributed by atoms with E-state index in [4.69, 9.17) is 0 Å². The van der Waals surface area contributed by atoms with E-state index in [0.717, 1.165) is 25.7 Å². The van der Waals surface area contributed by atoms with Gasteiger partial charge in [0.1, 0.15) is 0 Å². The number of aliphatic hydroxyl groups excluding tert-OH is 1. The Morgan fingerprint density at radius 3 is 2.54 bits per heavy atom. The van der Waals surface area contributed by atoms with Crippen molar-refractivity contribution < 1.29 is 9.90 Å². The molecule has 0 aromatic carbocycles. The highest BCUT2D eigenvalue weighted by Gasteiger charge is 2.24. The summed E-state index contributed by atoms with van der Waals surface area (Å²) in [5.41, 5.74) is 0. The van der Waals surface area contributed by atoms with Gasteiger partial charge in [0.25, 0.3) is 0 Å². The fourth-order valence-electron chi connectivity index (χ4n) is 1.57. The third-order valence-corrected chi connectivity index (χ3v) is 2.44. The van der Waals surface area contributed by atoms with E-state index >= 15 is 0 Å². The summed E-state index contributed by atoms with van der Waals surface area (Å²) in [6.07, 6.45) is 3.49. The first-order chi connectivity index (χ1) is 6.11. The zero-order valence-electron chi connectivity index (χ0n) is 8.29. The Bertz CT molecular complexity index is 182. The Hall–Kier alpha value is -0.770. The van der Waals surface area contributed by atoms with Gasteiger partial charge in [-0.25, -0.2) is 4.79 Å². The molecule has 4 nitrogen and oxygen atoms in total. The first-order valence-electron chi connectivity index (χ1n) is 4.77. The molecule has 2 amide bonds. The predicted molar refractivity (Wildman–Crippen MR) is 50.5 cm³/mol. The lowest BCUT2D eigenvalue weighted by molar-refractivity contribution is 0.0917. The highest BCUT2D eigenvalue weighted by Crippen LogP contribution is 2.18. The second-order valence-electron chi connectivity index (χ2n) is 3.80. The number of aliphatic hydroxyl groups is 1. The maximum Gasteiger partial charge on any atom is 0.317 e. The SMILES string of the molecule is CN(C)C(=O)N[C@H]1CCCC[C@@H]1O. The molecule has 76 valence electrons. The van der Waals surface area contributed by atoms with Crippen LogP contribution in [0.2, 0.25) is 0 Å². The van der Waals surface area contributed by atoms with Gasteiger partial charge in [0, 0.05) is 14.1 Å². The lowest BCUT2D eigenvalue weighted by Crippen LogP contribution is -2.48. The van der Waals surface area contributed by atoms with E-state index in [2.05, 4.69) is 5.32 Å². The molecule has 0 radical (unpaired) electrons. The highest BCUT2D eigenvalue weighted by molar-refractivity contribution is 5.73. The summed E-state index contributed by atoms with van der Waals surface area (Å²) in [5.74, 6) is 0. The maximum absolute atomic E-state index is 11.3. The Labute approximate surface area is 78.9 Å². The van der Waals surface area contributed by atoms with Gasteiger partial charge in [0.15, 0.2) is 0 Å². The van der Waals surface area contributed by atoms with Gasteiger partial charge in [-0.2, -0.15) is 0 Å². The molecular weight excluding hydrogens is 168 g/mol. The standard InChI is InChI=1S/C9H18N2O2/c1-11(2)9(13)10-7-5-3-4-6-8(7)12/h7-8,12H,3-6H2,1-2H3,(H,10,13)/t7-,8-/m0/s1. The molecule has 1 saturated carbocycles. The Kier molecular flexibility index (Phi) is 3.54. The third-order valence-electron chi connectivity index (χ3n) is 2.44. The van der Waals surface area contributed by atoms with Crippen molar-refractivity contribution >= 4 is 6.03 Å². The molecule has 2 atom stereocenters. The first-order valence-corrected chi connectivity index (χ1v) is 4.77. The minimum absolute atomic E-state index is 0.0522. The van der Waals surface area contributed by atoms with Crippen molar-refractivity contribution in [1.82, 2.24) is 10.2 Å². The normalized spacial score (nSPS) is 28.2. The molecule has 4 heteroatoms. The smallest absolute Gasteiger partial charge is 0.317 e. The summed E-state index contributed by atoms with van der Waals surface area (Å²) in [6, 6.07) is -0.172. The van der Waals surface area contributed by atoms with Crippen LogP contribution in [0.5, 0.6) is 0 Å². The van der Waals surface area contributed by atoms with E-state index in [9.17, 15) is 9.90 Å². The number of rotatable bonds is 1. The predicted octanol–water partition coefficient (Wildman–Crippen LogP) is 0.561. The van der Waals surface area contributed by atoms with Crippen LogP contribution in [-0.4, -0.2) is 42.3 Å². The molecule has 0 unspecified atom stereocenters. The van der Waals surface area contributed by atoms with Gasteiger partial charge in [-0.05, 0) is 12.8 Å². The van der Waals surface area contributed by atoms with Crippen molar-refractivity contribution in [3.8, 4) is 0 Å². The van der Waals surface area contributed by atoms with E-state index < -0.39 is 0 Å². The Balaban J connectivity index is 2.38. The topological polar surface area (TPSA) is 52.6 Å². The average molecular weight is 186 g/mol. The zero-order valence-corrected chi connectivity index (χ0v) is 8.29. The molecule has 1 rings (SSSR count). The number of nitrogens with zero attached hydrogens (tertiary/aromatic N) is 1. The van der Waals surface area contributed by atoms with Crippen LogP contribution in [0, 0.1) is 0 Å². The molecule has 1 fully saturated rings. The van der Waals surface area contributed by atoms with Crippen LogP contribution >= 0.6 is 0 Å². The Morgan fingerprint density at radius 1 is 1.38 bits per heavy atom. The van der Waals surface area contributed by atoms with E-state index in [1.807, 2.05) is 0 Å². The van der Waals surface area contributed by atoms with E-state index in [1.54, 1.807) is 14.1 Å². The number of hydrogen-bond donors (Lipinski definition) is 2. The second-order valence-corrected chi connectivity index (χ2v) is 3.80. The molecule has 0 saturated heterocycles. The number of urea groups is 1. The fraction of sp³-hybridized carbons (Fsp3) is 0.889. The number of nitrogens with one attached hydrogen (secondary N) is 1. The molecule has 0 aromatic heterocycles. The van der Waals surface area contributed by atoms with Gasteiger partial charge in [-0.1, -0.05) is 12.8 Å². The molecule has 0 aromatic rings. The lowest BCUT2D eigenvalue weighted by Gasteiger charge is -2.29. The minimum atomic E-state index is -0.363. The highest BCUT2D eigenvalue weighted by atomic mass is 16.3. The van der Waals surface area contributed by atoms with E-state index in [1.165, 1.54) is 4.90 Å². The van der Waals surface area contributed by atoms with Crippen LogP contribution in [0.4, 0.5) is 4.79 Å². The average Bonchev–Trinajstić information content (AvgIpc) is 2.08. The summed E-state index contributed by atoms with van der Waals surface area (Å²) >= 11 is 0. The van der Waals surface area contributed by atoms with Crippen molar-refractivity contribution in [2.24, 2.45) is 0 Å². The number of carbonyl (C=O) groups is 1. The van der Waals surface area contributed by atoms with Crippen LogP contribution in [0.3, 0.4) is 0 Å². The largest absolute Gasteiger partial charge is 0.391 e. The monoisotopic (exact) mass is 186 g/mol. The molecule has 0 spiro atoms. The molecule has 0 bridgehead atoms. The van der Waals surface area contributed by atoms with Crippen LogP contribution in [0.25, 0.3) is 0 Å². The molecule has 13 heavy (non-hydrogen) atoms. The van der Waals surface area contributed by atoms with Gasteiger partial charge in [0.05, 0.1) is 12.1 Å². The second kappa shape index (κ2) is 4.46.